The number of rotatable bonds is 10. The summed E-state index contributed by atoms with van der Waals surface area (Å²) in [5.74, 6) is 1.23. The molecule has 0 radical (unpaired) electrons. The Kier molecular flexibility index (Phi) is 8.29. The van der Waals surface area contributed by atoms with Crippen LogP contribution in [0.15, 0.2) is 64.9 Å². The van der Waals surface area contributed by atoms with Crippen molar-refractivity contribution in [3.8, 4) is 0 Å². The number of aromatic nitrogens is 2. The molecule has 1 aliphatic rings. The van der Waals surface area contributed by atoms with E-state index in [9.17, 15) is 8.42 Å². The van der Waals surface area contributed by atoms with Crippen molar-refractivity contribution in [3.05, 3.63) is 65.0 Å². The molecular weight excluding hydrogens is 542 g/mol. The quantitative estimate of drug-likeness (QED) is 0.237. The maximum Gasteiger partial charge on any atom is 0.240 e. The third kappa shape index (κ3) is 6.54. The molecule has 4 aromatic rings. The van der Waals surface area contributed by atoms with E-state index in [-0.39, 0.29) is 4.90 Å². The highest BCUT2D eigenvalue weighted by atomic mass is 35.5. The van der Waals surface area contributed by atoms with Gasteiger partial charge in [0.05, 0.1) is 15.1 Å². The Morgan fingerprint density at radius 2 is 1.68 bits per heavy atom. The van der Waals surface area contributed by atoms with Gasteiger partial charge >= 0.3 is 0 Å². The summed E-state index contributed by atoms with van der Waals surface area (Å²) in [7, 11) is -1.42. The molecule has 0 unspecified atom stereocenters. The van der Waals surface area contributed by atoms with E-state index < -0.39 is 10.0 Å². The molecule has 38 heavy (non-hydrogen) atoms. The maximum atomic E-state index is 12.5. The molecule has 0 amide bonds. The molecule has 0 atom stereocenters. The minimum atomic E-state index is -3.58. The summed E-state index contributed by atoms with van der Waals surface area (Å²) >= 11 is 7.42. The van der Waals surface area contributed by atoms with Crippen LogP contribution in [-0.4, -0.2) is 69.6 Å². The SMILES string of the molecule is CN1CCN(c2ccc(Nc3nc(NCCCNS(=O)(=O)c4ccc(Cl)cc4)c4sccc4n3)cc2)CC1. The molecule has 5 rings (SSSR count). The molecule has 0 spiro atoms. The molecule has 0 aliphatic carbocycles. The molecule has 200 valence electrons. The van der Waals surface area contributed by atoms with E-state index in [2.05, 4.69) is 61.5 Å². The minimum absolute atomic E-state index is 0.193. The van der Waals surface area contributed by atoms with E-state index in [4.69, 9.17) is 16.6 Å². The lowest BCUT2D eigenvalue weighted by Gasteiger charge is -2.34. The normalized spacial score (nSPS) is 14.6. The van der Waals surface area contributed by atoms with Gasteiger partial charge in [-0.3, -0.25) is 0 Å². The summed E-state index contributed by atoms with van der Waals surface area (Å²) in [6.07, 6.45) is 0.584. The van der Waals surface area contributed by atoms with Gasteiger partial charge in [0.1, 0.15) is 5.82 Å². The highest BCUT2D eigenvalue weighted by molar-refractivity contribution is 7.89. The molecule has 12 heteroatoms. The Bertz CT molecular complexity index is 1470. The summed E-state index contributed by atoms with van der Waals surface area (Å²) in [6.45, 7) is 5.03. The largest absolute Gasteiger partial charge is 0.369 e. The molecule has 0 bridgehead atoms. The lowest BCUT2D eigenvalue weighted by atomic mass is 10.2. The van der Waals surface area contributed by atoms with Crippen molar-refractivity contribution >= 4 is 66.3 Å². The van der Waals surface area contributed by atoms with Crippen LogP contribution in [0.2, 0.25) is 5.02 Å². The fourth-order valence-corrected chi connectivity index (χ4v) is 6.18. The first-order valence-electron chi connectivity index (χ1n) is 12.4. The standard InChI is InChI=1S/C26H30ClN7O2S2/c1-33-14-16-34(17-15-33)21-7-5-20(6-8-21)30-26-31-23-11-18-37-24(23)25(32-26)28-12-2-13-29-38(35,36)22-9-3-19(27)4-10-22/h3-11,18,29H,2,12-17H2,1H3,(H2,28,30,31,32). The minimum Gasteiger partial charge on any atom is -0.369 e. The first kappa shape index (κ1) is 26.6. The van der Waals surface area contributed by atoms with Gasteiger partial charge in [0.15, 0.2) is 0 Å². The first-order chi connectivity index (χ1) is 18.4. The van der Waals surface area contributed by atoms with Crippen molar-refractivity contribution in [1.82, 2.24) is 19.6 Å². The number of piperazine rings is 1. The van der Waals surface area contributed by atoms with Crippen LogP contribution < -0.4 is 20.3 Å². The average Bonchev–Trinajstić information content (AvgIpc) is 3.39. The van der Waals surface area contributed by atoms with Crippen LogP contribution in [0.3, 0.4) is 0 Å². The fraction of sp³-hybridized carbons (Fsp3) is 0.308. The van der Waals surface area contributed by atoms with Gasteiger partial charge in [0.25, 0.3) is 0 Å². The van der Waals surface area contributed by atoms with Crippen LogP contribution in [0.5, 0.6) is 0 Å². The Balaban J connectivity index is 1.18. The molecule has 9 nitrogen and oxygen atoms in total. The number of nitrogens with zero attached hydrogens (tertiary/aromatic N) is 4. The summed E-state index contributed by atoms with van der Waals surface area (Å²) < 4.78 is 28.5. The molecule has 1 aliphatic heterocycles. The van der Waals surface area contributed by atoms with Crippen LogP contribution in [0.25, 0.3) is 10.2 Å². The Hall–Kier alpha value is -2.96. The van der Waals surface area contributed by atoms with Gasteiger partial charge in [0, 0.05) is 55.7 Å². The highest BCUT2D eigenvalue weighted by Gasteiger charge is 2.15. The van der Waals surface area contributed by atoms with Crippen LogP contribution >= 0.6 is 22.9 Å². The zero-order chi connectivity index (χ0) is 26.5. The fourth-order valence-electron chi connectivity index (χ4n) is 4.19. The Morgan fingerprint density at radius 1 is 0.947 bits per heavy atom. The Labute approximate surface area is 231 Å². The van der Waals surface area contributed by atoms with E-state index >= 15 is 0 Å². The van der Waals surface area contributed by atoms with Crippen LogP contribution in [0.1, 0.15) is 6.42 Å². The van der Waals surface area contributed by atoms with Crippen LogP contribution in [0, 0.1) is 0 Å². The molecule has 3 N–H and O–H groups in total. The smallest absolute Gasteiger partial charge is 0.240 e. The monoisotopic (exact) mass is 571 g/mol. The molecule has 2 aromatic heterocycles. The molecular formula is C26H30ClN7O2S2. The number of benzene rings is 2. The third-order valence-corrected chi connectivity index (χ3v) is 9.00. The van der Waals surface area contributed by atoms with E-state index in [1.807, 2.05) is 11.4 Å². The predicted octanol–water partition coefficient (Wildman–Crippen LogP) is 4.62. The topological polar surface area (TPSA) is 102 Å². The molecule has 3 heterocycles. The van der Waals surface area contributed by atoms with Crippen molar-refractivity contribution < 1.29 is 8.42 Å². The van der Waals surface area contributed by atoms with E-state index in [1.165, 1.54) is 17.8 Å². The van der Waals surface area contributed by atoms with Crippen molar-refractivity contribution in [2.75, 3.05) is 61.8 Å². The average molecular weight is 572 g/mol. The summed E-state index contributed by atoms with van der Waals surface area (Å²) in [5.41, 5.74) is 2.99. The number of hydrogen-bond acceptors (Lipinski definition) is 9. The number of fused-ring (bicyclic) bond motifs is 1. The zero-order valence-corrected chi connectivity index (χ0v) is 23.4. The second-order valence-corrected chi connectivity index (χ2v) is 12.2. The summed E-state index contributed by atoms with van der Waals surface area (Å²) in [6, 6.07) is 16.4. The number of likely N-dealkylation sites (N-methyl/N-ethyl adjacent to an activating group) is 1. The number of hydrogen-bond donors (Lipinski definition) is 3. The summed E-state index contributed by atoms with van der Waals surface area (Å²) in [4.78, 5) is 14.3. The van der Waals surface area contributed by atoms with Crippen molar-refractivity contribution in [3.63, 3.8) is 0 Å². The first-order valence-corrected chi connectivity index (χ1v) is 15.2. The lowest BCUT2D eigenvalue weighted by Crippen LogP contribution is -2.44. The molecule has 1 saturated heterocycles. The van der Waals surface area contributed by atoms with E-state index in [1.54, 1.807) is 23.5 Å². The second-order valence-electron chi connectivity index (χ2n) is 9.13. The van der Waals surface area contributed by atoms with Crippen molar-refractivity contribution in [1.29, 1.82) is 0 Å². The van der Waals surface area contributed by atoms with Gasteiger partial charge in [-0.05, 0) is 73.4 Å². The van der Waals surface area contributed by atoms with Crippen molar-refractivity contribution in [2.24, 2.45) is 0 Å². The zero-order valence-electron chi connectivity index (χ0n) is 21.0. The summed E-state index contributed by atoms with van der Waals surface area (Å²) in [5, 5.41) is 9.15. The lowest BCUT2D eigenvalue weighted by molar-refractivity contribution is 0.313. The van der Waals surface area contributed by atoms with Gasteiger partial charge in [-0.25, -0.2) is 18.1 Å². The van der Waals surface area contributed by atoms with Gasteiger partial charge in [-0.1, -0.05) is 11.6 Å². The molecule has 0 saturated carbocycles. The Morgan fingerprint density at radius 3 is 2.42 bits per heavy atom. The van der Waals surface area contributed by atoms with Gasteiger partial charge in [-0.15, -0.1) is 11.3 Å². The van der Waals surface area contributed by atoms with Gasteiger partial charge in [-0.2, -0.15) is 4.98 Å². The molecule has 2 aromatic carbocycles. The second kappa shape index (κ2) is 11.8. The third-order valence-electron chi connectivity index (χ3n) is 6.36. The van der Waals surface area contributed by atoms with E-state index in [0.29, 0.717) is 30.5 Å². The van der Waals surface area contributed by atoms with Gasteiger partial charge < -0.3 is 20.4 Å². The maximum absolute atomic E-state index is 12.5. The van der Waals surface area contributed by atoms with Crippen LogP contribution in [0.4, 0.5) is 23.1 Å². The van der Waals surface area contributed by atoms with Gasteiger partial charge in [0.2, 0.25) is 16.0 Å². The predicted molar refractivity (Wildman–Crippen MR) is 157 cm³/mol. The number of anilines is 4. The van der Waals surface area contributed by atoms with E-state index in [0.717, 1.165) is 47.9 Å². The van der Waals surface area contributed by atoms with Crippen molar-refractivity contribution in [2.45, 2.75) is 11.3 Å². The highest BCUT2D eigenvalue weighted by Crippen LogP contribution is 2.29. The number of halogens is 1. The molecule has 1 fully saturated rings. The number of sulfonamides is 1. The van der Waals surface area contributed by atoms with Crippen LogP contribution in [-0.2, 0) is 10.0 Å². The number of thiophene rings is 1. The number of nitrogens with one attached hydrogen (secondary N) is 3.